The summed E-state index contributed by atoms with van der Waals surface area (Å²) in [5, 5.41) is 0. The molecule has 1 rings (SSSR count). The Morgan fingerprint density at radius 3 is 2.15 bits per heavy atom. The fourth-order valence-corrected chi connectivity index (χ4v) is 2.45. The van der Waals surface area contributed by atoms with Crippen LogP contribution >= 0.6 is 0 Å². The van der Waals surface area contributed by atoms with Gasteiger partial charge in [0, 0.05) is 19.1 Å². The predicted octanol–water partition coefficient (Wildman–Crippen LogP) is 3.68. The quantitative estimate of drug-likeness (QED) is 0.915. The molecule has 2 nitrogen and oxygen atoms in total. The van der Waals surface area contributed by atoms with Crippen LogP contribution in [-0.2, 0) is 6.18 Å². The van der Waals surface area contributed by atoms with Crippen LogP contribution in [0, 0.1) is 5.41 Å². The summed E-state index contributed by atoms with van der Waals surface area (Å²) in [6, 6.07) is 5.22. The highest BCUT2D eigenvalue weighted by atomic mass is 19.4. The van der Waals surface area contributed by atoms with Gasteiger partial charge in [-0.25, -0.2) is 0 Å². The molecule has 0 saturated heterocycles. The van der Waals surface area contributed by atoms with Crippen LogP contribution < -0.4 is 5.73 Å². The topological polar surface area (TPSA) is 29.3 Å². The van der Waals surface area contributed by atoms with Gasteiger partial charge in [-0.1, -0.05) is 39.0 Å². The zero-order valence-electron chi connectivity index (χ0n) is 12.5. The van der Waals surface area contributed by atoms with Gasteiger partial charge in [0.2, 0.25) is 0 Å². The van der Waals surface area contributed by atoms with Gasteiger partial charge in [0.15, 0.2) is 0 Å². The molecule has 0 heterocycles. The average Bonchev–Trinajstić information content (AvgIpc) is 2.26. The van der Waals surface area contributed by atoms with Crippen LogP contribution in [0.25, 0.3) is 0 Å². The van der Waals surface area contributed by atoms with Crippen LogP contribution in [0.3, 0.4) is 0 Å². The lowest BCUT2D eigenvalue weighted by Gasteiger charge is -2.34. The van der Waals surface area contributed by atoms with Crippen molar-refractivity contribution in [2.45, 2.75) is 33.0 Å². The first-order chi connectivity index (χ1) is 9.06. The van der Waals surface area contributed by atoms with E-state index in [1.54, 1.807) is 6.07 Å². The largest absolute Gasteiger partial charge is 0.416 e. The lowest BCUT2D eigenvalue weighted by molar-refractivity contribution is -0.138. The first-order valence-corrected chi connectivity index (χ1v) is 6.62. The summed E-state index contributed by atoms with van der Waals surface area (Å²) in [6.45, 7) is 6.97. The zero-order valence-corrected chi connectivity index (χ0v) is 12.5. The van der Waals surface area contributed by atoms with Crippen LogP contribution in [0.5, 0.6) is 0 Å². The molecule has 0 aromatic heterocycles. The maximum absolute atomic E-state index is 13.1. The van der Waals surface area contributed by atoms with Crippen molar-refractivity contribution in [1.82, 2.24) is 4.90 Å². The summed E-state index contributed by atoms with van der Waals surface area (Å²) in [4.78, 5) is 1.89. The maximum atomic E-state index is 13.1. The third-order valence-corrected chi connectivity index (χ3v) is 3.10. The Balaban J connectivity index is 3.13. The Morgan fingerprint density at radius 1 is 1.15 bits per heavy atom. The Bertz CT molecular complexity index is 435. The van der Waals surface area contributed by atoms with Crippen molar-refractivity contribution in [3.05, 3.63) is 35.4 Å². The van der Waals surface area contributed by atoms with E-state index in [1.807, 2.05) is 32.7 Å². The van der Waals surface area contributed by atoms with Gasteiger partial charge >= 0.3 is 6.18 Å². The lowest BCUT2D eigenvalue weighted by Crippen LogP contribution is -2.37. The molecule has 5 heteroatoms. The highest BCUT2D eigenvalue weighted by molar-refractivity contribution is 5.32. The van der Waals surface area contributed by atoms with E-state index < -0.39 is 17.8 Å². The normalized spacial score (nSPS) is 14.7. The van der Waals surface area contributed by atoms with E-state index in [9.17, 15) is 13.2 Å². The van der Waals surface area contributed by atoms with Gasteiger partial charge in [-0.2, -0.15) is 13.2 Å². The minimum Gasteiger partial charge on any atom is -0.329 e. The second-order valence-electron chi connectivity index (χ2n) is 6.31. The number of hydrogen-bond donors (Lipinski definition) is 1. The fraction of sp³-hybridized carbons (Fsp3) is 0.600. The number of nitrogens with zero attached hydrogens (tertiary/aromatic N) is 1. The minimum absolute atomic E-state index is 0.00462. The van der Waals surface area contributed by atoms with Crippen LogP contribution in [0.15, 0.2) is 24.3 Å². The number of nitrogens with two attached hydrogens (primary N) is 1. The van der Waals surface area contributed by atoms with E-state index in [0.717, 1.165) is 6.07 Å². The highest BCUT2D eigenvalue weighted by Gasteiger charge is 2.35. The van der Waals surface area contributed by atoms with Gasteiger partial charge in [-0.3, -0.25) is 4.90 Å². The van der Waals surface area contributed by atoms with E-state index in [2.05, 4.69) is 0 Å². The maximum Gasteiger partial charge on any atom is 0.416 e. The molecule has 1 aromatic carbocycles. The van der Waals surface area contributed by atoms with E-state index >= 15 is 0 Å². The van der Waals surface area contributed by atoms with E-state index in [0.29, 0.717) is 6.54 Å². The number of likely N-dealkylation sites (N-methyl/N-ethyl adjacent to an activating group) is 1. The molecule has 1 unspecified atom stereocenters. The van der Waals surface area contributed by atoms with Crippen LogP contribution in [0.1, 0.15) is 37.9 Å². The number of alkyl halides is 3. The number of rotatable bonds is 4. The molecular weight excluding hydrogens is 265 g/mol. The monoisotopic (exact) mass is 288 g/mol. The fourth-order valence-electron chi connectivity index (χ4n) is 2.45. The SMILES string of the molecule is CN(CC(C)(C)C)C(CN)c1ccccc1C(F)(F)F. The number of halogens is 3. The predicted molar refractivity (Wildman–Crippen MR) is 75.3 cm³/mol. The highest BCUT2D eigenvalue weighted by Crippen LogP contribution is 2.36. The van der Waals surface area contributed by atoms with Gasteiger partial charge in [-0.15, -0.1) is 0 Å². The summed E-state index contributed by atoms with van der Waals surface area (Å²) < 4.78 is 39.3. The van der Waals surface area contributed by atoms with Crippen LogP contribution in [-0.4, -0.2) is 25.0 Å². The molecule has 0 aliphatic rings. The van der Waals surface area contributed by atoms with Gasteiger partial charge in [0.05, 0.1) is 5.56 Å². The minimum atomic E-state index is -4.35. The summed E-state index contributed by atoms with van der Waals surface area (Å²) in [7, 11) is 1.82. The van der Waals surface area contributed by atoms with Crippen molar-refractivity contribution in [2.75, 3.05) is 20.1 Å². The molecule has 20 heavy (non-hydrogen) atoms. The van der Waals surface area contributed by atoms with Crippen molar-refractivity contribution in [3.63, 3.8) is 0 Å². The van der Waals surface area contributed by atoms with Gasteiger partial charge in [0.25, 0.3) is 0 Å². The summed E-state index contributed by atoms with van der Waals surface area (Å²) in [5.74, 6) is 0. The number of hydrogen-bond acceptors (Lipinski definition) is 2. The summed E-state index contributed by atoms with van der Waals surface area (Å²) in [5.41, 5.74) is 5.37. The zero-order chi connectivity index (χ0) is 15.6. The Hall–Kier alpha value is -1.07. The molecule has 0 spiro atoms. The second-order valence-corrected chi connectivity index (χ2v) is 6.31. The standard InChI is InChI=1S/C15H23F3N2/c1-14(2,3)10-20(4)13(9-19)11-7-5-6-8-12(11)15(16,17)18/h5-8,13H,9-10,19H2,1-4H3. The molecule has 0 bridgehead atoms. The second kappa shape index (κ2) is 6.14. The van der Waals surface area contributed by atoms with Gasteiger partial charge < -0.3 is 5.73 Å². The van der Waals surface area contributed by atoms with Gasteiger partial charge in [-0.05, 0) is 24.1 Å². The van der Waals surface area contributed by atoms with Crippen LogP contribution in [0.2, 0.25) is 0 Å². The Morgan fingerprint density at radius 2 is 1.70 bits per heavy atom. The molecule has 0 radical (unpaired) electrons. The van der Waals surface area contributed by atoms with E-state index in [4.69, 9.17) is 5.73 Å². The summed E-state index contributed by atoms with van der Waals surface area (Å²) >= 11 is 0. The average molecular weight is 288 g/mol. The molecule has 2 N–H and O–H groups in total. The smallest absolute Gasteiger partial charge is 0.329 e. The molecule has 1 atom stereocenters. The third-order valence-electron chi connectivity index (χ3n) is 3.10. The first-order valence-electron chi connectivity index (χ1n) is 6.62. The third kappa shape index (κ3) is 4.49. The Labute approximate surface area is 118 Å². The molecule has 0 aliphatic heterocycles. The molecule has 114 valence electrons. The molecule has 1 aromatic rings. The van der Waals surface area contributed by atoms with Crippen molar-refractivity contribution < 1.29 is 13.2 Å². The lowest BCUT2D eigenvalue weighted by atomic mass is 9.93. The first kappa shape index (κ1) is 17.0. The molecule has 0 aliphatic carbocycles. The van der Waals surface area contributed by atoms with Crippen molar-refractivity contribution in [3.8, 4) is 0 Å². The van der Waals surface area contributed by atoms with E-state index in [-0.39, 0.29) is 17.5 Å². The molecule has 0 fully saturated rings. The molecule has 0 amide bonds. The Kier molecular flexibility index (Phi) is 5.21. The van der Waals surface area contributed by atoms with Gasteiger partial charge in [0.1, 0.15) is 0 Å². The number of benzene rings is 1. The van der Waals surface area contributed by atoms with Crippen LogP contribution in [0.4, 0.5) is 13.2 Å². The molecule has 0 saturated carbocycles. The van der Waals surface area contributed by atoms with Crippen molar-refractivity contribution in [1.29, 1.82) is 0 Å². The van der Waals surface area contributed by atoms with Crippen molar-refractivity contribution >= 4 is 0 Å². The summed E-state index contributed by atoms with van der Waals surface area (Å²) in [6.07, 6.45) is -4.35. The molecular formula is C15H23F3N2. The van der Waals surface area contributed by atoms with Crippen molar-refractivity contribution in [2.24, 2.45) is 11.1 Å². The van der Waals surface area contributed by atoms with E-state index in [1.165, 1.54) is 12.1 Å².